The van der Waals surface area contributed by atoms with Crippen LogP contribution in [0, 0.1) is 0 Å². The fourth-order valence-electron chi connectivity index (χ4n) is 3.20. The molecule has 0 radical (unpaired) electrons. The van der Waals surface area contributed by atoms with Gasteiger partial charge >= 0.3 is 0 Å². The number of benzene rings is 3. The molecule has 0 aliphatic heterocycles. The fraction of sp³-hybridized carbons (Fsp3) is 0.0400. The molecule has 3 aromatic carbocycles. The number of carbonyl (C=O) groups is 1. The third kappa shape index (κ3) is 4.48. The molecule has 0 unspecified atom stereocenters. The summed E-state index contributed by atoms with van der Waals surface area (Å²) in [5.41, 5.74) is 5.26. The van der Waals surface area contributed by atoms with Crippen LogP contribution in [0.15, 0.2) is 90.4 Å². The fourth-order valence-corrected chi connectivity index (χ4v) is 3.93. The Morgan fingerprint density at radius 1 is 0.812 bits per heavy atom. The van der Waals surface area contributed by atoms with E-state index >= 15 is 0 Å². The van der Waals surface area contributed by atoms with Gasteiger partial charge in [-0.2, -0.15) is 0 Å². The first kappa shape index (κ1) is 19.8. The Balaban J connectivity index is 1.19. The summed E-state index contributed by atoms with van der Waals surface area (Å²) < 4.78 is 5.62. The molecule has 2 aromatic heterocycles. The Bertz CT molecular complexity index is 1370. The quantitative estimate of drug-likeness (QED) is 0.382. The Kier molecular flexibility index (Phi) is 5.55. The zero-order valence-electron chi connectivity index (χ0n) is 16.9. The van der Waals surface area contributed by atoms with E-state index in [9.17, 15) is 4.79 Å². The molecule has 7 heteroatoms. The molecule has 0 aliphatic carbocycles. The van der Waals surface area contributed by atoms with Crippen molar-refractivity contribution >= 4 is 33.4 Å². The van der Waals surface area contributed by atoms with Gasteiger partial charge in [0.25, 0.3) is 5.91 Å². The van der Waals surface area contributed by atoms with Crippen molar-refractivity contribution in [2.24, 2.45) is 0 Å². The van der Waals surface area contributed by atoms with Gasteiger partial charge in [-0.05, 0) is 36.4 Å². The summed E-state index contributed by atoms with van der Waals surface area (Å²) >= 11 is 1.38. The monoisotopic (exact) mass is 438 g/mol. The summed E-state index contributed by atoms with van der Waals surface area (Å²) in [6.45, 7) is -0.102. The number of aromatic nitrogens is 3. The Hall–Kier alpha value is -4.10. The second-order valence-electron chi connectivity index (χ2n) is 7.01. The molecule has 0 spiro atoms. The number of rotatable bonds is 6. The first-order chi connectivity index (χ1) is 15.7. The largest absolute Gasteiger partial charge is 0.484 e. The number of fused-ring (bicyclic) bond motifs is 1. The van der Waals surface area contributed by atoms with Gasteiger partial charge < -0.3 is 4.74 Å². The highest BCUT2D eigenvalue weighted by Gasteiger charge is 2.09. The van der Waals surface area contributed by atoms with Crippen molar-refractivity contribution in [3.63, 3.8) is 0 Å². The third-order valence-corrected chi connectivity index (χ3v) is 5.55. The van der Waals surface area contributed by atoms with E-state index < -0.39 is 0 Å². The molecule has 1 N–H and O–H groups in total. The van der Waals surface area contributed by atoms with Gasteiger partial charge in [-0.25, -0.2) is 9.97 Å². The number of hydrogen-bond donors (Lipinski definition) is 1. The number of anilines is 1. The Morgan fingerprint density at radius 3 is 2.34 bits per heavy atom. The van der Waals surface area contributed by atoms with Crippen molar-refractivity contribution in [1.82, 2.24) is 15.0 Å². The van der Waals surface area contributed by atoms with E-state index in [0.29, 0.717) is 10.9 Å². The summed E-state index contributed by atoms with van der Waals surface area (Å²) in [6, 6.07) is 25.0. The molecular weight excluding hydrogens is 420 g/mol. The number of thiazole rings is 1. The number of nitrogens with one attached hydrogen (secondary N) is 1. The van der Waals surface area contributed by atoms with Crippen molar-refractivity contribution in [1.29, 1.82) is 0 Å². The molecular formula is C25H18N4O2S. The van der Waals surface area contributed by atoms with E-state index in [1.54, 1.807) is 6.20 Å². The third-order valence-electron chi connectivity index (χ3n) is 4.79. The van der Waals surface area contributed by atoms with Crippen LogP contribution in [0.4, 0.5) is 5.13 Å². The molecule has 5 rings (SSSR count). The lowest BCUT2D eigenvalue weighted by molar-refractivity contribution is -0.118. The first-order valence-corrected chi connectivity index (χ1v) is 10.9. The smallest absolute Gasteiger partial charge is 0.264 e. The second-order valence-corrected chi connectivity index (χ2v) is 7.87. The van der Waals surface area contributed by atoms with Crippen LogP contribution in [-0.2, 0) is 4.79 Å². The van der Waals surface area contributed by atoms with Crippen molar-refractivity contribution in [3.05, 3.63) is 90.4 Å². The highest BCUT2D eigenvalue weighted by atomic mass is 32.1. The summed E-state index contributed by atoms with van der Waals surface area (Å²) in [7, 11) is 0. The van der Waals surface area contributed by atoms with Crippen molar-refractivity contribution in [2.45, 2.75) is 0 Å². The molecule has 0 saturated heterocycles. The highest BCUT2D eigenvalue weighted by molar-refractivity contribution is 7.14. The van der Waals surface area contributed by atoms with Gasteiger partial charge in [0, 0.05) is 16.5 Å². The zero-order valence-corrected chi connectivity index (χ0v) is 17.8. The number of carbonyl (C=O) groups excluding carboxylic acids is 1. The van der Waals surface area contributed by atoms with Crippen molar-refractivity contribution in [2.75, 3.05) is 11.9 Å². The standard InChI is InChI=1S/C25H18N4O2S/c30-24(29-25-28-23(16-32-25)17-6-2-1-3-7-17)15-31-19-12-10-18(11-13-19)22-14-26-20-8-4-5-9-21(20)27-22/h1-14,16H,15H2,(H,28,29,30). The van der Waals surface area contributed by atoms with E-state index in [1.807, 2.05) is 84.2 Å². The molecule has 6 nitrogen and oxygen atoms in total. The van der Waals surface area contributed by atoms with Gasteiger partial charge in [0.05, 0.1) is 28.6 Å². The van der Waals surface area contributed by atoms with Crippen LogP contribution in [0.2, 0.25) is 0 Å². The molecule has 5 aromatic rings. The molecule has 0 aliphatic rings. The molecule has 0 bridgehead atoms. The maximum atomic E-state index is 12.3. The maximum absolute atomic E-state index is 12.3. The van der Waals surface area contributed by atoms with Crippen LogP contribution >= 0.6 is 11.3 Å². The van der Waals surface area contributed by atoms with Crippen LogP contribution in [0.3, 0.4) is 0 Å². The SMILES string of the molecule is O=C(COc1ccc(-c2cnc3ccccc3n2)cc1)Nc1nc(-c2ccccc2)cs1. The predicted octanol–water partition coefficient (Wildman–Crippen LogP) is 5.44. The van der Waals surface area contributed by atoms with Crippen LogP contribution in [0.25, 0.3) is 33.5 Å². The van der Waals surface area contributed by atoms with E-state index in [1.165, 1.54) is 11.3 Å². The summed E-state index contributed by atoms with van der Waals surface area (Å²) in [6.07, 6.45) is 1.75. The Morgan fingerprint density at radius 2 is 1.53 bits per heavy atom. The van der Waals surface area contributed by atoms with E-state index in [2.05, 4.69) is 20.3 Å². The topological polar surface area (TPSA) is 77.0 Å². The minimum atomic E-state index is -0.261. The minimum absolute atomic E-state index is 0.102. The molecule has 156 valence electrons. The average molecular weight is 439 g/mol. The summed E-state index contributed by atoms with van der Waals surface area (Å²) in [5.74, 6) is 0.338. The number of hydrogen-bond acceptors (Lipinski definition) is 6. The maximum Gasteiger partial charge on any atom is 0.264 e. The number of ether oxygens (including phenoxy) is 1. The van der Waals surface area contributed by atoms with Crippen molar-refractivity contribution in [3.8, 4) is 28.3 Å². The Labute approximate surface area is 188 Å². The average Bonchev–Trinajstić information content (AvgIpc) is 3.32. The molecule has 0 saturated carbocycles. The highest BCUT2D eigenvalue weighted by Crippen LogP contribution is 2.25. The van der Waals surface area contributed by atoms with Gasteiger partial charge in [-0.1, -0.05) is 42.5 Å². The molecule has 0 fully saturated rings. The van der Waals surface area contributed by atoms with Crippen LogP contribution in [0.5, 0.6) is 5.75 Å². The first-order valence-electron chi connectivity index (χ1n) is 10.0. The lowest BCUT2D eigenvalue weighted by Gasteiger charge is -2.07. The van der Waals surface area contributed by atoms with E-state index in [-0.39, 0.29) is 12.5 Å². The minimum Gasteiger partial charge on any atom is -0.484 e. The molecule has 32 heavy (non-hydrogen) atoms. The summed E-state index contributed by atoms with van der Waals surface area (Å²) in [4.78, 5) is 25.8. The van der Waals surface area contributed by atoms with Crippen LogP contribution < -0.4 is 10.1 Å². The molecule has 1 amide bonds. The number of para-hydroxylation sites is 2. The van der Waals surface area contributed by atoms with Gasteiger partial charge in [0.15, 0.2) is 11.7 Å². The van der Waals surface area contributed by atoms with Gasteiger partial charge in [0.1, 0.15) is 5.75 Å². The second kappa shape index (κ2) is 8.95. The van der Waals surface area contributed by atoms with E-state index in [0.717, 1.165) is 33.5 Å². The van der Waals surface area contributed by atoms with Crippen molar-refractivity contribution < 1.29 is 9.53 Å². The molecule has 0 atom stereocenters. The van der Waals surface area contributed by atoms with Gasteiger partial charge in [-0.15, -0.1) is 11.3 Å². The number of nitrogens with zero attached hydrogens (tertiary/aromatic N) is 3. The van der Waals surface area contributed by atoms with E-state index in [4.69, 9.17) is 4.74 Å². The van der Waals surface area contributed by atoms with Crippen LogP contribution in [-0.4, -0.2) is 27.5 Å². The van der Waals surface area contributed by atoms with Gasteiger partial charge in [0.2, 0.25) is 0 Å². The van der Waals surface area contributed by atoms with Gasteiger partial charge in [-0.3, -0.25) is 15.1 Å². The van der Waals surface area contributed by atoms with Crippen LogP contribution in [0.1, 0.15) is 0 Å². The summed E-state index contributed by atoms with van der Waals surface area (Å²) in [5, 5.41) is 5.24. The zero-order chi connectivity index (χ0) is 21.8. The normalized spacial score (nSPS) is 10.8. The molecule has 2 heterocycles. The number of amides is 1. The lowest BCUT2D eigenvalue weighted by Crippen LogP contribution is -2.20. The lowest BCUT2D eigenvalue weighted by atomic mass is 10.1. The predicted molar refractivity (Wildman–Crippen MR) is 127 cm³/mol.